The summed E-state index contributed by atoms with van der Waals surface area (Å²) in [5.41, 5.74) is 3.89. The molecule has 4 nitrogen and oxygen atoms in total. The lowest BCUT2D eigenvalue weighted by molar-refractivity contribution is 0.0826. The highest BCUT2D eigenvalue weighted by molar-refractivity contribution is 6.01. The second-order valence-corrected chi connectivity index (χ2v) is 9.62. The Labute approximate surface area is 184 Å². The molecule has 0 bridgehead atoms. The monoisotopic (exact) mass is 411 g/mol. The predicted molar refractivity (Wildman–Crippen MR) is 129 cm³/mol. The van der Waals surface area contributed by atoms with Crippen molar-refractivity contribution in [3.63, 3.8) is 0 Å². The van der Waals surface area contributed by atoms with E-state index in [-0.39, 0.29) is 5.41 Å². The Bertz CT molecular complexity index is 1210. The van der Waals surface area contributed by atoms with Crippen LogP contribution >= 0.6 is 0 Å². The third-order valence-electron chi connectivity index (χ3n) is 7.63. The average molecular weight is 412 g/mol. The van der Waals surface area contributed by atoms with Crippen molar-refractivity contribution >= 4 is 34.0 Å². The van der Waals surface area contributed by atoms with Crippen molar-refractivity contribution in [1.82, 2.24) is 0 Å². The molecule has 3 aromatic rings. The van der Waals surface area contributed by atoms with Gasteiger partial charge in [-0.3, -0.25) is 4.99 Å². The first kappa shape index (κ1) is 18.7. The average Bonchev–Trinajstić information content (AvgIpc) is 2.97. The summed E-state index contributed by atoms with van der Waals surface area (Å²) in [6.07, 6.45) is 5.94. The van der Waals surface area contributed by atoms with Gasteiger partial charge in [0, 0.05) is 36.9 Å². The van der Waals surface area contributed by atoms with Crippen LogP contribution in [0.2, 0.25) is 0 Å². The van der Waals surface area contributed by atoms with Crippen molar-refractivity contribution < 1.29 is 4.74 Å². The van der Waals surface area contributed by atoms with Crippen LogP contribution in [0.5, 0.6) is 5.75 Å². The lowest BCUT2D eigenvalue weighted by atomic mass is 9.77. The topological polar surface area (TPSA) is 28.1 Å². The Morgan fingerprint density at radius 1 is 0.935 bits per heavy atom. The van der Waals surface area contributed by atoms with Crippen LogP contribution in [0, 0.1) is 0 Å². The number of benzene rings is 3. The van der Waals surface area contributed by atoms with Gasteiger partial charge in [0.1, 0.15) is 11.4 Å². The van der Waals surface area contributed by atoms with E-state index in [0.717, 1.165) is 29.9 Å². The molecular formula is C27H29N3O. The number of anilines is 2. The Morgan fingerprint density at radius 3 is 2.55 bits per heavy atom. The van der Waals surface area contributed by atoms with E-state index >= 15 is 0 Å². The number of rotatable bonds is 1. The summed E-state index contributed by atoms with van der Waals surface area (Å²) in [6, 6.07) is 19.6. The minimum absolute atomic E-state index is 0.230. The maximum Gasteiger partial charge on any atom is 0.228 e. The molecule has 3 aromatic carbocycles. The maximum atomic E-state index is 6.81. The van der Waals surface area contributed by atoms with Gasteiger partial charge in [-0.2, -0.15) is 0 Å². The van der Waals surface area contributed by atoms with Gasteiger partial charge < -0.3 is 14.5 Å². The maximum absolute atomic E-state index is 6.81. The lowest BCUT2D eigenvalue weighted by Gasteiger charge is -2.45. The molecule has 3 aliphatic rings. The molecule has 0 N–H and O–H groups in total. The van der Waals surface area contributed by atoms with Crippen LogP contribution in [0.4, 0.5) is 17.1 Å². The van der Waals surface area contributed by atoms with Gasteiger partial charge in [0.15, 0.2) is 0 Å². The van der Waals surface area contributed by atoms with Crippen molar-refractivity contribution in [1.29, 1.82) is 0 Å². The summed E-state index contributed by atoms with van der Waals surface area (Å²) in [4.78, 5) is 9.76. The van der Waals surface area contributed by atoms with Gasteiger partial charge in [-0.15, -0.1) is 0 Å². The Kier molecular flexibility index (Phi) is 3.92. The molecule has 0 amide bonds. The van der Waals surface area contributed by atoms with Crippen LogP contribution < -0.4 is 14.5 Å². The summed E-state index contributed by atoms with van der Waals surface area (Å²) < 4.78 is 6.81. The molecular weight excluding hydrogens is 382 g/mol. The molecule has 6 rings (SSSR count). The van der Waals surface area contributed by atoms with E-state index in [2.05, 4.69) is 85.3 Å². The van der Waals surface area contributed by atoms with Gasteiger partial charge in [0.2, 0.25) is 5.72 Å². The van der Waals surface area contributed by atoms with E-state index in [4.69, 9.17) is 9.73 Å². The number of hydrogen-bond donors (Lipinski definition) is 0. The molecule has 31 heavy (non-hydrogen) atoms. The number of para-hydroxylation sites is 1. The Hall–Kier alpha value is -3.01. The van der Waals surface area contributed by atoms with Gasteiger partial charge in [0.25, 0.3) is 0 Å². The van der Waals surface area contributed by atoms with Gasteiger partial charge >= 0.3 is 0 Å². The van der Waals surface area contributed by atoms with Gasteiger partial charge in [-0.05, 0) is 68.3 Å². The van der Waals surface area contributed by atoms with Crippen LogP contribution in [0.3, 0.4) is 0 Å². The quantitative estimate of drug-likeness (QED) is 0.488. The van der Waals surface area contributed by atoms with E-state index in [1.807, 2.05) is 6.21 Å². The number of hydrogen-bond acceptors (Lipinski definition) is 4. The van der Waals surface area contributed by atoms with E-state index in [1.54, 1.807) is 0 Å². The zero-order valence-electron chi connectivity index (χ0n) is 18.6. The molecule has 0 saturated carbocycles. The highest BCUT2D eigenvalue weighted by Gasteiger charge is 2.58. The first-order valence-electron chi connectivity index (χ1n) is 11.4. The van der Waals surface area contributed by atoms with Crippen LogP contribution in [-0.4, -0.2) is 32.1 Å². The highest BCUT2D eigenvalue weighted by atomic mass is 16.5. The molecule has 0 aromatic heterocycles. The van der Waals surface area contributed by atoms with Crippen molar-refractivity contribution in [2.75, 3.05) is 29.9 Å². The van der Waals surface area contributed by atoms with Crippen LogP contribution in [0.15, 0.2) is 59.6 Å². The summed E-state index contributed by atoms with van der Waals surface area (Å²) in [6.45, 7) is 6.81. The zero-order chi connectivity index (χ0) is 21.2. The normalized spacial score (nSPS) is 23.7. The van der Waals surface area contributed by atoms with Crippen molar-refractivity contribution in [3.05, 3.63) is 60.2 Å². The summed E-state index contributed by atoms with van der Waals surface area (Å²) >= 11 is 0. The number of ether oxygens (including phenoxy) is 1. The fourth-order valence-electron chi connectivity index (χ4n) is 5.72. The molecule has 3 aliphatic heterocycles. The van der Waals surface area contributed by atoms with Crippen LogP contribution in [0.1, 0.15) is 38.7 Å². The smallest absolute Gasteiger partial charge is 0.228 e. The van der Waals surface area contributed by atoms with Gasteiger partial charge in [-0.1, -0.05) is 30.3 Å². The van der Waals surface area contributed by atoms with Crippen LogP contribution in [-0.2, 0) is 5.41 Å². The first-order valence-corrected chi connectivity index (χ1v) is 11.4. The molecule has 1 saturated heterocycles. The largest absolute Gasteiger partial charge is 0.459 e. The second-order valence-electron chi connectivity index (χ2n) is 9.62. The van der Waals surface area contributed by atoms with Crippen LogP contribution in [0.25, 0.3) is 10.8 Å². The highest BCUT2D eigenvalue weighted by Crippen LogP contribution is 2.54. The molecule has 1 atom stereocenters. The molecule has 1 unspecified atom stereocenters. The molecule has 1 spiro atoms. The lowest BCUT2D eigenvalue weighted by Crippen LogP contribution is -2.61. The summed E-state index contributed by atoms with van der Waals surface area (Å²) in [7, 11) is 2.11. The van der Waals surface area contributed by atoms with E-state index < -0.39 is 5.72 Å². The molecule has 4 heteroatoms. The first-order chi connectivity index (χ1) is 15.0. The van der Waals surface area contributed by atoms with Gasteiger partial charge in [-0.25, -0.2) is 0 Å². The Balaban J connectivity index is 1.42. The number of nitrogens with zero attached hydrogens (tertiary/aromatic N) is 3. The number of piperidine rings is 1. The third kappa shape index (κ3) is 2.51. The number of likely N-dealkylation sites (N-methyl/N-ethyl adjacent to an activating group) is 1. The fraction of sp³-hybridized carbons (Fsp3) is 0.370. The molecule has 1 fully saturated rings. The SMILES string of the molecule is CN1c2ccccc2C(C)(C)C12C=Nc1c(ccc3cc(N4CCCCC4)ccc13)O2. The number of aliphatic imine (C=N–C) groups is 1. The second kappa shape index (κ2) is 6.49. The van der Waals surface area contributed by atoms with E-state index in [0.29, 0.717) is 0 Å². The van der Waals surface area contributed by atoms with E-state index in [9.17, 15) is 0 Å². The minimum Gasteiger partial charge on any atom is -0.459 e. The number of fused-ring (bicyclic) bond motifs is 4. The summed E-state index contributed by atoms with van der Waals surface area (Å²) in [5, 5.41) is 2.38. The molecule has 0 radical (unpaired) electrons. The zero-order valence-corrected chi connectivity index (χ0v) is 18.6. The minimum atomic E-state index is -0.634. The fourth-order valence-corrected chi connectivity index (χ4v) is 5.72. The molecule has 0 aliphatic carbocycles. The molecule has 158 valence electrons. The van der Waals surface area contributed by atoms with E-state index in [1.165, 1.54) is 41.6 Å². The third-order valence-corrected chi connectivity index (χ3v) is 7.63. The van der Waals surface area contributed by atoms with Crippen molar-refractivity contribution in [3.8, 4) is 5.75 Å². The van der Waals surface area contributed by atoms with Crippen molar-refractivity contribution in [2.24, 2.45) is 4.99 Å². The van der Waals surface area contributed by atoms with Gasteiger partial charge in [0.05, 0.1) is 11.6 Å². The standard InChI is InChI=1S/C27H29N3O/c1-26(2)22-9-5-6-10-23(22)29(3)27(26)18-28-25-21-13-12-20(30-15-7-4-8-16-30)17-19(21)11-14-24(25)31-27/h5-6,9-14,17-18H,4,7-8,15-16H2,1-3H3. The molecule has 3 heterocycles. The summed E-state index contributed by atoms with van der Waals surface area (Å²) in [5.74, 6) is 0.855. The Morgan fingerprint density at radius 2 is 1.74 bits per heavy atom. The predicted octanol–water partition coefficient (Wildman–Crippen LogP) is 6.05. The van der Waals surface area contributed by atoms with Crippen molar-refractivity contribution in [2.45, 2.75) is 44.2 Å².